The first-order valence-electron chi connectivity index (χ1n) is 3.36. The van der Waals surface area contributed by atoms with Gasteiger partial charge in [0.15, 0.2) is 0 Å². The van der Waals surface area contributed by atoms with Gasteiger partial charge in [0.2, 0.25) is 0 Å². The maximum Gasteiger partial charge on any atom is 0.294 e. The molecule has 0 amide bonds. The fourth-order valence-electron chi connectivity index (χ4n) is 0.848. The molecule has 0 radical (unpaired) electrons. The van der Waals surface area contributed by atoms with Gasteiger partial charge in [-0.3, -0.25) is 4.55 Å². The molecule has 0 aromatic heterocycles. The number of hydrogen-bond donors (Lipinski definition) is 1. The molecule has 0 fully saturated rings. The molecule has 1 aromatic carbocycles. The zero-order chi connectivity index (χ0) is 10.1. The SMILES string of the molecule is Cc1ccc(S(=O)(=O)O)cc1N=O. The van der Waals surface area contributed by atoms with Crippen LogP contribution in [-0.4, -0.2) is 13.0 Å². The van der Waals surface area contributed by atoms with E-state index in [4.69, 9.17) is 4.55 Å². The predicted molar refractivity (Wildman–Crippen MR) is 46.4 cm³/mol. The van der Waals surface area contributed by atoms with Crippen LogP contribution < -0.4 is 0 Å². The van der Waals surface area contributed by atoms with Crippen LogP contribution in [0.25, 0.3) is 0 Å². The third-order valence-electron chi connectivity index (χ3n) is 1.58. The Morgan fingerprint density at radius 3 is 2.46 bits per heavy atom. The number of nitrogens with zero attached hydrogens (tertiary/aromatic N) is 1. The van der Waals surface area contributed by atoms with Crippen LogP contribution in [0, 0.1) is 11.8 Å². The molecule has 1 aromatic rings. The first kappa shape index (κ1) is 9.82. The summed E-state index contributed by atoms with van der Waals surface area (Å²) in [4.78, 5) is 9.85. The smallest absolute Gasteiger partial charge is 0.282 e. The molecule has 0 aliphatic carbocycles. The third-order valence-corrected chi connectivity index (χ3v) is 2.43. The summed E-state index contributed by atoms with van der Waals surface area (Å²) in [6.45, 7) is 1.62. The van der Waals surface area contributed by atoms with Crippen molar-refractivity contribution in [2.75, 3.05) is 0 Å². The van der Waals surface area contributed by atoms with E-state index in [1.807, 2.05) is 0 Å². The number of benzene rings is 1. The zero-order valence-electron chi connectivity index (χ0n) is 6.76. The largest absolute Gasteiger partial charge is 0.294 e. The van der Waals surface area contributed by atoms with E-state index in [9.17, 15) is 13.3 Å². The molecule has 0 unspecified atom stereocenters. The molecule has 0 aliphatic rings. The van der Waals surface area contributed by atoms with Crippen molar-refractivity contribution in [2.24, 2.45) is 5.18 Å². The van der Waals surface area contributed by atoms with Gasteiger partial charge in [0.05, 0.1) is 4.90 Å². The van der Waals surface area contributed by atoms with E-state index in [-0.39, 0.29) is 10.6 Å². The highest BCUT2D eigenvalue weighted by molar-refractivity contribution is 7.85. The monoisotopic (exact) mass is 201 g/mol. The lowest BCUT2D eigenvalue weighted by Gasteiger charge is -1.99. The van der Waals surface area contributed by atoms with Crippen molar-refractivity contribution in [2.45, 2.75) is 11.8 Å². The van der Waals surface area contributed by atoms with E-state index < -0.39 is 10.1 Å². The van der Waals surface area contributed by atoms with E-state index in [1.54, 1.807) is 6.92 Å². The van der Waals surface area contributed by atoms with E-state index in [2.05, 4.69) is 5.18 Å². The molecule has 6 heteroatoms. The van der Waals surface area contributed by atoms with Crippen LogP contribution in [0.5, 0.6) is 0 Å². The third kappa shape index (κ3) is 2.10. The molecule has 0 heterocycles. The van der Waals surface area contributed by atoms with Crippen molar-refractivity contribution in [1.29, 1.82) is 0 Å². The second-order valence-corrected chi connectivity index (χ2v) is 3.94. The lowest BCUT2D eigenvalue weighted by atomic mass is 10.2. The summed E-state index contributed by atoms with van der Waals surface area (Å²) in [5.74, 6) is 0. The van der Waals surface area contributed by atoms with Gasteiger partial charge in [0.1, 0.15) is 5.69 Å². The number of rotatable bonds is 2. The number of hydrogen-bond acceptors (Lipinski definition) is 4. The maximum absolute atomic E-state index is 10.6. The van der Waals surface area contributed by atoms with Crippen molar-refractivity contribution in [3.63, 3.8) is 0 Å². The van der Waals surface area contributed by atoms with Crippen molar-refractivity contribution < 1.29 is 13.0 Å². The van der Waals surface area contributed by atoms with Crippen LogP contribution in [0.4, 0.5) is 5.69 Å². The first-order valence-corrected chi connectivity index (χ1v) is 4.80. The lowest BCUT2D eigenvalue weighted by molar-refractivity contribution is 0.483. The topological polar surface area (TPSA) is 83.8 Å². The summed E-state index contributed by atoms with van der Waals surface area (Å²) in [5, 5.41) is 2.62. The molecule has 0 saturated carbocycles. The van der Waals surface area contributed by atoms with Crippen LogP contribution >= 0.6 is 0 Å². The van der Waals surface area contributed by atoms with Crippen molar-refractivity contribution in [1.82, 2.24) is 0 Å². The van der Waals surface area contributed by atoms with Crippen LogP contribution in [-0.2, 0) is 10.1 Å². The number of aryl methyl sites for hydroxylation is 1. The Hall–Kier alpha value is -1.27. The van der Waals surface area contributed by atoms with Crippen molar-refractivity contribution in [3.05, 3.63) is 28.7 Å². The van der Waals surface area contributed by atoms with Gasteiger partial charge in [-0.25, -0.2) is 0 Å². The van der Waals surface area contributed by atoms with Crippen LogP contribution in [0.1, 0.15) is 5.56 Å². The summed E-state index contributed by atoms with van der Waals surface area (Å²) >= 11 is 0. The van der Waals surface area contributed by atoms with Gasteiger partial charge in [0.25, 0.3) is 10.1 Å². The highest BCUT2D eigenvalue weighted by Gasteiger charge is 2.11. The second kappa shape index (κ2) is 3.23. The van der Waals surface area contributed by atoms with Crippen LogP contribution in [0.2, 0.25) is 0 Å². The summed E-state index contributed by atoms with van der Waals surface area (Å²) in [6.07, 6.45) is 0. The Bertz CT molecular complexity index is 438. The molecule has 0 atom stereocenters. The van der Waals surface area contributed by atoms with Crippen LogP contribution in [0.3, 0.4) is 0 Å². The Labute approximate surface area is 75.1 Å². The average molecular weight is 201 g/mol. The summed E-state index contributed by atoms with van der Waals surface area (Å²) in [5.41, 5.74) is 0.567. The molecule has 70 valence electrons. The Morgan fingerprint density at radius 1 is 1.38 bits per heavy atom. The van der Waals surface area contributed by atoms with E-state index in [1.165, 1.54) is 12.1 Å². The standard InChI is InChI=1S/C7H7NO4S/c1-5-2-3-6(13(10,11)12)4-7(5)8-9/h2-4H,1H3,(H,10,11,12). The van der Waals surface area contributed by atoms with E-state index in [0.29, 0.717) is 5.56 Å². The van der Waals surface area contributed by atoms with Gasteiger partial charge < -0.3 is 0 Å². The molecule has 1 rings (SSSR count). The lowest BCUT2D eigenvalue weighted by Crippen LogP contribution is -1.97. The van der Waals surface area contributed by atoms with Gasteiger partial charge in [-0.1, -0.05) is 6.07 Å². The highest BCUT2D eigenvalue weighted by Crippen LogP contribution is 2.22. The van der Waals surface area contributed by atoms with Crippen molar-refractivity contribution >= 4 is 15.8 Å². The Kier molecular flexibility index (Phi) is 2.44. The highest BCUT2D eigenvalue weighted by atomic mass is 32.2. The summed E-state index contributed by atoms with van der Waals surface area (Å²) < 4.78 is 29.9. The maximum atomic E-state index is 10.6. The van der Waals surface area contributed by atoms with Gasteiger partial charge in [-0.2, -0.15) is 8.42 Å². The van der Waals surface area contributed by atoms with Crippen molar-refractivity contribution in [3.8, 4) is 0 Å². The zero-order valence-corrected chi connectivity index (χ0v) is 7.58. The van der Waals surface area contributed by atoms with E-state index in [0.717, 1.165) is 6.07 Å². The van der Waals surface area contributed by atoms with Gasteiger partial charge in [-0.15, -0.1) is 4.91 Å². The Morgan fingerprint density at radius 2 is 2.00 bits per heavy atom. The predicted octanol–water partition coefficient (Wildman–Crippen LogP) is 1.64. The normalized spacial score (nSPS) is 11.2. The van der Waals surface area contributed by atoms with Crippen LogP contribution in [0.15, 0.2) is 28.3 Å². The quantitative estimate of drug-likeness (QED) is 0.582. The number of nitroso groups, excluding NO2 is 1. The first-order chi connectivity index (χ1) is 5.95. The Balaban J connectivity index is 3.38. The minimum absolute atomic E-state index is 0.00938. The minimum atomic E-state index is -4.25. The summed E-state index contributed by atoms with van der Waals surface area (Å²) in [6, 6.07) is 3.64. The minimum Gasteiger partial charge on any atom is -0.282 e. The molecule has 0 bridgehead atoms. The van der Waals surface area contributed by atoms with Gasteiger partial charge in [0, 0.05) is 0 Å². The fourth-order valence-corrected chi connectivity index (χ4v) is 1.35. The molecule has 0 saturated heterocycles. The molecule has 1 N–H and O–H groups in total. The molecule has 13 heavy (non-hydrogen) atoms. The summed E-state index contributed by atoms with van der Waals surface area (Å²) in [7, 11) is -4.25. The molecule has 0 aliphatic heterocycles. The molecule has 0 spiro atoms. The molecule has 5 nitrogen and oxygen atoms in total. The van der Waals surface area contributed by atoms with Gasteiger partial charge in [-0.05, 0) is 29.8 Å². The molecular weight excluding hydrogens is 194 g/mol. The van der Waals surface area contributed by atoms with E-state index >= 15 is 0 Å². The second-order valence-electron chi connectivity index (χ2n) is 2.51. The average Bonchev–Trinajstić information content (AvgIpc) is 2.03. The fraction of sp³-hybridized carbons (Fsp3) is 0.143. The van der Waals surface area contributed by atoms with Gasteiger partial charge >= 0.3 is 0 Å². The molecular formula is C7H7NO4S.